The molecule has 17 heavy (non-hydrogen) atoms. The summed E-state index contributed by atoms with van der Waals surface area (Å²) < 4.78 is 4.73. The van der Waals surface area contributed by atoms with Crippen LogP contribution in [-0.2, 0) is 6.42 Å². The van der Waals surface area contributed by atoms with E-state index in [9.17, 15) is 4.79 Å². The van der Waals surface area contributed by atoms with Crippen LogP contribution in [0.25, 0.3) is 0 Å². The monoisotopic (exact) mass is 232 g/mol. The Morgan fingerprint density at radius 3 is 2.65 bits per heavy atom. The van der Waals surface area contributed by atoms with Crippen LogP contribution in [0.3, 0.4) is 0 Å². The highest BCUT2D eigenvalue weighted by atomic mass is 16.5. The van der Waals surface area contributed by atoms with Gasteiger partial charge >= 0.3 is 0 Å². The number of anilines is 1. The summed E-state index contributed by atoms with van der Waals surface area (Å²) in [5.41, 5.74) is 1.69. The summed E-state index contributed by atoms with van der Waals surface area (Å²) in [6.45, 7) is 0.115. The van der Waals surface area contributed by atoms with Crippen molar-refractivity contribution in [1.82, 2.24) is 5.16 Å². The Kier molecular flexibility index (Phi) is 3.52. The van der Waals surface area contributed by atoms with Crippen molar-refractivity contribution in [2.45, 2.75) is 6.42 Å². The molecule has 1 aromatic heterocycles. The molecule has 2 aromatic rings. The van der Waals surface area contributed by atoms with E-state index in [0.29, 0.717) is 12.1 Å². The van der Waals surface area contributed by atoms with Gasteiger partial charge in [0.15, 0.2) is 0 Å². The fraction of sp³-hybridized carbons (Fsp3) is 0.167. The standard InChI is InChI=1S/C12H12N2O3/c15-8-6-9-1-3-10(4-2-9)14-12(16)11-5-7-13-17-11/h1-5,7,15H,6,8H2,(H,14,16). The summed E-state index contributed by atoms with van der Waals surface area (Å²) in [5.74, 6) is -0.165. The number of aliphatic hydroxyl groups excluding tert-OH is 1. The normalized spacial score (nSPS) is 10.2. The van der Waals surface area contributed by atoms with Gasteiger partial charge in [-0.05, 0) is 24.1 Å². The van der Waals surface area contributed by atoms with Gasteiger partial charge in [-0.15, -0.1) is 0 Å². The molecule has 88 valence electrons. The lowest BCUT2D eigenvalue weighted by Gasteiger charge is -2.03. The highest BCUT2D eigenvalue weighted by molar-refractivity contribution is 6.02. The molecule has 0 aliphatic rings. The molecule has 0 atom stereocenters. The maximum Gasteiger partial charge on any atom is 0.294 e. The predicted octanol–water partition coefficient (Wildman–Crippen LogP) is 1.46. The number of aliphatic hydroxyl groups is 1. The molecule has 5 nitrogen and oxygen atoms in total. The Labute approximate surface area is 98.1 Å². The third-order valence-electron chi connectivity index (χ3n) is 2.27. The second-order valence-electron chi connectivity index (χ2n) is 3.50. The van der Waals surface area contributed by atoms with Gasteiger partial charge in [-0.25, -0.2) is 0 Å². The van der Waals surface area contributed by atoms with Crippen molar-refractivity contribution in [3.63, 3.8) is 0 Å². The number of hydrogen-bond acceptors (Lipinski definition) is 4. The SMILES string of the molecule is O=C(Nc1ccc(CCO)cc1)c1ccno1. The lowest BCUT2D eigenvalue weighted by atomic mass is 10.1. The second-order valence-corrected chi connectivity index (χ2v) is 3.50. The number of amides is 1. The molecule has 1 aromatic carbocycles. The van der Waals surface area contributed by atoms with Gasteiger partial charge in [0.05, 0.1) is 6.20 Å². The zero-order chi connectivity index (χ0) is 12.1. The van der Waals surface area contributed by atoms with Crippen LogP contribution in [0, 0.1) is 0 Å². The number of benzene rings is 1. The van der Waals surface area contributed by atoms with E-state index in [2.05, 4.69) is 10.5 Å². The molecule has 0 bridgehead atoms. The smallest absolute Gasteiger partial charge is 0.294 e. The molecule has 0 aliphatic heterocycles. The van der Waals surface area contributed by atoms with Crippen LogP contribution >= 0.6 is 0 Å². The van der Waals surface area contributed by atoms with Gasteiger partial charge < -0.3 is 14.9 Å². The van der Waals surface area contributed by atoms with Crippen LogP contribution in [0.5, 0.6) is 0 Å². The van der Waals surface area contributed by atoms with Gasteiger partial charge in [-0.2, -0.15) is 0 Å². The topological polar surface area (TPSA) is 75.4 Å². The van der Waals surface area contributed by atoms with Gasteiger partial charge in [0.1, 0.15) is 0 Å². The van der Waals surface area contributed by atoms with Gasteiger partial charge in [0.2, 0.25) is 5.76 Å². The molecule has 1 amide bonds. The van der Waals surface area contributed by atoms with Crippen molar-refractivity contribution in [1.29, 1.82) is 0 Å². The van der Waals surface area contributed by atoms with Crippen molar-refractivity contribution in [2.75, 3.05) is 11.9 Å². The van der Waals surface area contributed by atoms with Crippen molar-refractivity contribution < 1.29 is 14.4 Å². The van der Waals surface area contributed by atoms with Crippen molar-refractivity contribution in [3.05, 3.63) is 47.9 Å². The predicted molar refractivity (Wildman–Crippen MR) is 61.7 cm³/mol. The van der Waals surface area contributed by atoms with E-state index in [4.69, 9.17) is 9.63 Å². The molecule has 2 N–H and O–H groups in total. The average Bonchev–Trinajstić information content (AvgIpc) is 2.86. The van der Waals surface area contributed by atoms with Crippen LogP contribution < -0.4 is 5.32 Å². The molecule has 0 fully saturated rings. The maximum atomic E-state index is 11.6. The Morgan fingerprint density at radius 1 is 1.29 bits per heavy atom. The molecule has 0 unspecified atom stereocenters. The Morgan fingerprint density at radius 2 is 2.06 bits per heavy atom. The fourth-order valence-corrected chi connectivity index (χ4v) is 1.41. The van der Waals surface area contributed by atoms with Crippen molar-refractivity contribution in [2.24, 2.45) is 0 Å². The summed E-state index contributed by atoms with van der Waals surface area (Å²) in [6, 6.07) is 8.76. The van der Waals surface area contributed by atoms with Crippen LogP contribution in [0.1, 0.15) is 16.1 Å². The minimum Gasteiger partial charge on any atom is -0.396 e. The summed E-state index contributed by atoms with van der Waals surface area (Å²) in [5, 5.41) is 14.9. The molecular weight excluding hydrogens is 220 g/mol. The summed E-state index contributed by atoms with van der Waals surface area (Å²) in [6.07, 6.45) is 2.02. The van der Waals surface area contributed by atoms with Crippen LogP contribution in [0.4, 0.5) is 5.69 Å². The minimum atomic E-state index is -0.336. The van der Waals surface area contributed by atoms with E-state index in [-0.39, 0.29) is 18.3 Å². The number of carbonyl (C=O) groups is 1. The van der Waals surface area contributed by atoms with E-state index < -0.39 is 0 Å². The first-order chi connectivity index (χ1) is 8.29. The van der Waals surface area contributed by atoms with E-state index >= 15 is 0 Å². The summed E-state index contributed by atoms with van der Waals surface area (Å²) >= 11 is 0. The number of nitrogens with one attached hydrogen (secondary N) is 1. The van der Waals surface area contributed by atoms with Gasteiger partial charge in [-0.1, -0.05) is 17.3 Å². The molecule has 0 saturated carbocycles. The van der Waals surface area contributed by atoms with Crippen LogP contribution in [0.2, 0.25) is 0 Å². The van der Waals surface area contributed by atoms with Gasteiger partial charge in [0.25, 0.3) is 5.91 Å². The fourth-order valence-electron chi connectivity index (χ4n) is 1.41. The summed E-state index contributed by atoms with van der Waals surface area (Å²) in [7, 11) is 0. The highest BCUT2D eigenvalue weighted by Gasteiger charge is 2.09. The first-order valence-corrected chi connectivity index (χ1v) is 5.21. The molecule has 0 saturated heterocycles. The summed E-state index contributed by atoms with van der Waals surface area (Å²) in [4.78, 5) is 11.6. The highest BCUT2D eigenvalue weighted by Crippen LogP contribution is 2.11. The largest absolute Gasteiger partial charge is 0.396 e. The number of hydrogen-bond donors (Lipinski definition) is 2. The first-order valence-electron chi connectivity index (χ1n) is 5.21. The maximum absolute atomic E-state index is 11.6. The Bertz CT molecular complexity index is 477. The van der Waals surface area contributed by atoms with Crippen LogP contribution in [0.15, 0.2) is 41.1 Å². The van der Waals surface area contributed by atoms with Gasteiger partial charge in [0, 0.05) is 18.4 Å². The van der Waals surface area contributed by atoms with Crippen molar-refractivity contribution in [3.8, 4) is 0 Å². The van der Waals surface area contributed by atoms with E-state index in [0.717, 1.165) is 5.56 Å². The molecule has 5 heteroatoms. The Balaban J connectivity index is 2.01. The van der Waals surface area contributed by atoms with E-state index in [1.807, 2.05) is 12.1 Å². The molecule has 0 spiro atoms. The Hall–Kier alpha value is -2.14. The molecule has 1 heterocycles. The second kappa shape index (κ2) is 5.27. The number of carbonyl (C=O) groups excluding carboxylic acids is 1. The minimum absolute atomic E-state index is 0.115. The van der Waals surface area contributed by atoms with E-state index in [1.165, 1.54) is 12.3 Å². The third-order valence-corrected chi connectivity index (χ3v) is 2.27. The molecule has 0 aliphatic carbocycles. The zero-order valence-corrected chi connectivity index (χ0v) is 9.09. The number of nitrogens with zero attached hydrogens (tertiary/aromatic N) is 1. The average molecular weight is 232 g/mol. The van der Waals surface area contributed by atoms with Crippen molar-refractivity contribution >= 4 is 11.6 Å². The quantitative estimate of drug-likeness (QED) is 0.836. The zero-order valence-electron chi connectivity index (χ0n) is 9.09. The lowest BCUT2D eigenvalue weighted by molar-refractivity contribution is 0.0988. The lowest BCUT2D eigenvalue weighted by Crippen LogP contribution is -2.10. The van der Waals surface area contributed by atoms with Gasteiger partial charge in [-0.3, -0.25) is 4.79 Å². The first kappa shape index (κ1) is 11.3. The third kappa shape index (κ3) is 2.92. The van der Waals surface area contributed by atoms with E-state index in [1.54, 1.807) is 12.1 Å². The molecular formula is C12H12N2O3. The number of aromatic nitrogens is 1. The molecule has 0 radical (unpaired) electrons. The van der Waals surface area contributed by atoms with Crippen LogP contribution in [-0.4, -0.2) is 22.8 Å². The number of rotatable bonds is 4. The molecule has 2 rings (SSSR count).